The standard InChI is InChI=1S/C14H20FNO/c1-3-14(4-2)10-17-13(9-16-14)11-7-5-6-8-12(11)15/h5-8,13,16H,3-4,9-10H2,1-2H3. The Hall–Kier alpha value is -0.930. The molecule has 0 bridgehead atoms. The first-order valence-electron chi connectivity index (χ1n) is 6.32. The summed E-state index contributed by atoms with van der Waals surface area (Å²) in [5, 5.41) is 3.52. The highest BCUT2D eigenvalue weighted by molar-refractivity contribution is 5.21. The Morgan fingerprint density at radius 1 is 1.35 bits per heavy atom. The SMILES string of the molecule is CCC1(CC)COC(c2ccccc2F)CN1. The highest BCUT2D eigenvalue weighted by atomic mass is 19.1. The molecule has 1 unspecified atom stereocenters. The van der Waals surface area contributed by atoms with Crippen molar-refractivity contribution in [3.05, 3.63) is 35.6 Å². The van der Waals surface area contributed by atoms with Gasteiger partial charge >= 0.3 is 0 Å². The Bertz CT molecular complexity index is 366. The number of halogens is 1. The number of ether oxygens (including phenoxy) is 1. The smallest absolute Gasteiger partial charge is 0.129 e. The van der Waals surface area contributed by atoms with E-state index in [0.717, 1.165) is 12.8 Å². The fourth-order valence-corrected chi connectivity index (χ4v) is 2.32. The van der Waals surface area contributed by atoms with Gasteiger partial charge in [0.05, 0.1) is 12.7 Å². The minimum Gasteiger partial charge on any atom is -0.370 e. The van der Waals surface area contributed by atoms with Crippen LogP contribution in [0, 0.1) is 5.82 Å². The minimum absolute atomic E-state index is 0.0712. The van der Waals surface area contributed by atoms with Crippen LogP contribution in [0.15, 0.2) is 24.3 Å². The molecule has 3 heteroatoms. The van der Waals surface area contributed by atoms with Crippen molar-refractivity contribution in [2.75, 3.05) is 13.2 Å². The van der Waals surface area contributed by atoms with Crippen molar-refractivity contribution >= 4 is 0 Å². The quantitative estimate of drug-likeness (QED) is 0.872. The number of nitrogens with one attached hydrogen (secondary N) is 1. The second kappa shape index (κ2) is 5.15. The molecule has 1 heterocycles. The van der Waals surface area contributed by atoms with Crippen LogP contribution in [-0.2, 0) is 4.74 Å². The number of hydrogen-bond acceptors (Lipinski definition) is 2. The molecular formula is C14H20FNO. The van der Waals surface area contributed by atoms with Crippen LogP contribution in [0.4, 0.5) is 4.39 Å². The van der Waals surface area contributed by atoms with Gasteiger partial charge in [-0.2, -0.15) is 0 Å². The molecule has 1 fully saturated rings. The molecule has 0 aromatic heterocycles. The first kappa shape index (κ1) is 12.5. The monoisotopic (exact) mass is 237 g/mol. The van der Waals surface area contributed by atoms with Gasteiger partial charge in [0.1, 0.15) is 5.82 Å². The van der Waals surface area contributed by atoms with Gasteiger partial charge in [0.2, 0.25) is 0 Å². The summed E-state index contributed by atoms with van der Waals surface area (Å²) in [6.45, 7) is 5.65. The molecule has 1 aromatic carbocycles. The molecule has 2 rings (SSSR count). The van der Waals surface area contributed by atoms with Crippen LogP contribution in [-0.4, -0.2) is 18.7 Å². The van der Waals surface area contributed by atoms with Gasteiger partial charge in [0.15, 0.2) is 0 Å². The van der Waals surface area contributed by atoms with E-state index in [2.05, 4.69) is 19.2 Å². The fourth-order valence-electron chi connectivity index (χ4n) is 2.32. The molecule has 2 nitrogen and oxygen atoms in total. The molecule has 1 aromatic rings. The normalized spacial score (nSPS) is 23.6. The fraction of sp³-hybridized carbons (Fsp3) is 0.571. The largest absolute Gasteiger partial charge is 0.370 e. The number of rotatable bonds is 3. The highest BCUT2D eigenvalue weighted by Crippen LogP contribution is 2.28. The molecule has 0 aliphatic carbocycles. The van der Waals surface area contributed by atoms with Crippen molar-refractivity contribution in [2.45, 2.75) is 38.3 Å². The van der Waals surface area contributed by atoms with Crippen molar-refractivity contribution in [3.63, 3.8) is 0 Å². The summed E-state index contributed by atoms with van der Waals surface area (Å²) < 4.78 is 19.5. The molecule has 1 aliphatic rings. The Morgan fingerprint density at radius 2 is 2.06 bits per heavy atom. The maximum atomic E-state index is 13.6. The molecular weight excluding hydrogens is 217 g/mol. The summed E-state index contributed by atoms with van der Waals surface area (Å²) in [5.41, 5.74) is 0.725. The maximum absolute atomic E-state index is 13.6. The van der Waals surface area contributed by atoms with E-state index in [0.29, 0.717) is 18.7 Å². The molecule has 1 N–H and O–H groups in total. The van der Waals surface area contributed by atoms with Gasteiger partial charge in [-0.3, -0.25) is 0 Å². The zero-order valence-electron chi connectivity index (χ0n) is 10.5. The Kier molecular flexibility index (Phi) is 3.79. The van der Waals surface area contributed by atoms with Gasteiger partial charge in [0.25, 0.3) is 0 Å². The third-order valence-corrected chi connectivity index (χ3v) is 3.83. The molecule has 0 radical (unpaired) electrons. The van der Waals surface area contributed by atoms with Gasteiger partial charge in [-0.05, 0) is 18.9 Å². The molecule has 1 aliphatic heterocycles. The van der Waals surface area contributed by atoms with Crippen molar-refractivity contribution in [1.82, 2.24) is 5.32 Å². The minimum atomic E-state index is -0.181. The van der Waals surface area contributed by atoms with Crippen molar-refractivity contribution in [3.8, 4) is 0 Å². The van der Waals surface area contributed by atoms with E-state index in [9.17, 15) is 4.39 Å². The lowest BCUT2D eigenvalue weighted by molar-refractivity contribution is -0.0388. The van der Waals surface area contributed by atoms with E-state index in [1.165, 1.54) is 6.07 Å². The van der Waals surface area contributed by atoms with E-state index in [1.54, 1.807) is 12.1 Å². The van der Waals surface area contributed by atoms with E-state index >= 15 is 0 Å². The predicted molar refractivity (Wildman–Crippen MR) is 66.4 cm³/mol. The maximum Gasteiger partial charge on any atom is 0.129 e. The average molecular weight is 237 g/mol. The lowest BCUT2D eigenvalue weighted by Gasteiger charge is -2.40. The van der Waals surface area contributed by atoms with Crippen LogP contribution in [0.3, 0.4) is 0 Å². The lowest BCUT2D eigenvalue weighted by Crippen LogP contribution is -2.54. The van der Waals surface area contributed by atoms with E-state index in [-0.39, 0.29) is 17.5 Å². The van der Waals surface area contributed by atoms with Gasteiger partial charge in [0, 0.05) is 17.6 Å². The Balaban J connectivity index is 2.07. The van der Waals surface area contributed by atoms with Gasteiger partial charge in [-0.1, -0.05) is 32.0 Å². The van der Waals surface area contributed by atoms with Crippen LogP contribution >= 0.6 is 0 Å². The summed E-state index contributed by atoms with van der Waals surface area (Å²) in [6.07, 6.45) is 1.91. The van der Waals surface area contributed by atoms with Gasteiger partial charge in [-0.25, -0.2) is 4.39 Å². The first-order chi connectivity index (χ1) is 8.21. The second-order valence-electron chi connectivity index (χ2n) is 4.69. The van der Waals surface area contributed by atoms with Crippen LogP contribution < -0.4 is 5.32 Å². The third-order valence-electron chi connectivity index (χ3n) is 3.83. The van der Waals surface area contributed by atoms with Crippen LogP contribution in [0.25, 0.3) is 0 Å². The summed E-state index contributed by atoms with van der Waals surface area (Å²) in [6, 6.07) is 6.84. The predicted octanol–water partition coefficient (Wildman–Crippen LogP) is 3.05. The van der Waals surface area contributed by atoms with Crippen LogP contribution in [0.1, 0.15) is 38.4 Å². The second-order valence-corrected chi connectivity index (χ2v) is 4.69. The van der Waals surface area contributed by atoms with Crippen molar-refractivity contribution in [2.24, 2.45) is 0 Å². The van der Waals surface area contributed by atoms with E-state index in [4.69, 9.17) is 4.74 Å². The zero-order valence-corrected chi connectivity index (χ0v) is 10.5. The van der Waals surface area contributed by atoms with Crippen molar-refractivity contribution in [1.29, 1.82) is 0 Å². The third kappa shape index (κ3) is 2.50. The van der Waals surface area contributed by atoms with Gasteiger partial charge in [-0.15, -0.1) is 0 Å². The van der Waals surface area contributed by atoms with Crippen LogP contribution in [0.5, 0.6) is 0 Å². The Morgan fingerprint density at radius 3 is 2.59 bits per heavy atom. The summed E-state index contributed by atoms with van der Waals surface area (Å²) >= 11 is 0. The molecule has 17 heavy (non-hydrogen) atoms. The average Bonchev–Trinajstić information content (AvgIpc) is 2.40. The summed E-state index contributed by atoms with van der Waals surface area (Å²) in [5.74, 6) is -0.181. The number of hydrogen-bond donors (Lipinski definition) is 1. The zero-order chi connectivity index (χ0) is 12.3. The topological polar surface area (TPSA) is 21.3 Å². The number of benzene rings is 1. The number of morpholine rings is 1. The molecule has 0 amide bonds. The molecule has 94 valence electrons. The summed E-state index contributed by atoms with van der Waals surface area (Å²) in [4.78, 5) is 0. The highest BCUT2D eigenvalue weighted by Gasteiger charge is 2.33. The van der Waals surface area contributed by atoms with E-state index in [1.807, 2.05) is 6.07 Å². The van der Waals surface area contributed by atoms with Gasteiger partial charge < -0.3 is 10.1 Å². The molecule has 1 atom stereocenters. The first-order valence-corrected chi connectivity index (χ1v) is 6.32. The van der Waals surface area contributed by atoms with Crippen molar-refractivity contribution < 1.29 is 9.13 Å². The Labute approximate surface area is 102 Å². The molecule has 0 saturated carbocycles. The lowest BCUT2D eigenvalue weighted by atomic mass is 9.91. The van der Waals surface area contributed by atoms with Crippen LogP contribution in [0.2, 0.25) is 0 Å². The molecule has 0 spiro atoms. The van der Waals surface area contributed by atoms with E-state index < -0.39 is 0 Å². The molecule has 1 saturated heterocycles. The summed E-state index contributed by atoms with van der Waals surface area (Å²) in [7, 11) is 0.